The first-order chi connectivity index (χ1) is 17.0. The van der Waals surface area contributed by atoms with Crippen LogP contribution in [0.15, 0.2) is 48.9 Å². The first-order valence-corrected chi connectivity index (χ1v) is 11.8. The van der Waals surface area contributed by atoms with E-state index in [1.165, 1.54) is 0 Å². The topological polar surface area (TPSA) is 63.2 Å². The van der Waals surface area contributed by atoms with Gasteiger partial charge in [-0.1, -0.05) is 24.3 Å². The Balaban J connectivity index is 1.70. The molecule has 1 fully saturated rings. The van der Waals surface area contributed by atoms with Crippen molar-refractivity contribution in [1.82, 2.24) is 24.3 Å². The lowest BCUT2D eigenvalue weighted by atomic mass is 10.00. The van der Waals surface area contributed by atoms with Gasteiger partial charge in [0.1, 0.15) is 5.65 Å². The van der Waals surface area contributed by atoms with Gasteiger partial charge in [0.05, 0.1) is 24.9 Å². The highest BCUT2D eigenvalue weighted by Crippen LogP contribution is 2.38. The van der Waals surface area contributed by atoms with Crippen LogP contribution in [0.1, 0.15) is 18.4 Å². The van der Waals surface area contributed by atoms with Crippen LogP contribution in [0.3, 0.4) is 0 Å². The number of pyridine rings is 1. The Morgan fingerprint density at radius 3 is 2.46 bits per heavy atom. The maximum Gasteiger partial charge on any atom is 0.215 e. The van der Waals surface area contributed by atoms with Gasteiger partial charge in [-0.15, -0.1) is 0 Å². The number of hydrogen-bond acceptors (Lipinski definition) is 6. The van der Waals surface area contributed by atoms with Crippen LogP contribution in [0.25, 0.3) is 32.9 Å². The number of ether oxygens (including phenoxy) is 1. The van der Waals surface area contributed by atoms with E-state index in [4.69, 9.17) is 21.3 Å². The minimum absolute atomic E-state index is 0.581. The number of fused-ring (bicyclic) bond motifs is 1. The number of nitrogens with zero attached hydrogens (tertiary/aromatic N) is 7. The average Bonchev–Trinajstić information content (AvgIpc) is 3.37. The van der Waals surface area contributed by atoms with E-state index in [0.29, 0.717) is 17.6 Å². The smallest absolute Gasteiger partial charge is 0.215 e. The molecule has 0 radical (unpaired) electrons. The molecule has 1 aliphatic heterocycles. The molecule has 0 N–H and O–H groups in total. The molecule has 178 valence electrons. The van der Waals surface area contributed by atoms with Crippen LogP contribution >= 0.6 is 0 Å². The lowest BCUT2D eigenvalue weighted by molar-refractivity contribution is 0.249. The average molecular weight is 468 g/mol. The molecule has 1 aliphatic rings. The zero-order valence-electron chi connectivity index (χ0n) is 20.6. The van der Waals surface area contributed by atoms with Crippen molar-refractivity contribution in [3.8, 4) is 28.3 Å². The van der Waals surface area contributed by atoms with E-state index in [2.05, 4.69) is 44.2 Å². The monoisotopic (exact) mass is 467 g/mol. The van der Waals surface area contributed by atoms with E-state index < -0.39 is 0 Å². The molecule has 8 nitrogen and oxygen atoms in total. The molecule has 0 spiro atoms. The van der Waals surface area contributed by atoms with E-state index in [0.717, 1.165) is 65.5 Å². The highest BCUT2D eigenvalue weighted by molar-refractivity contribution is 5.91. The first-order valence-electron chi connectivity index (χ1n) is 11.8. The van der Waals surface area contributed by atoms with Crippen molar-refractivity contribution in [2.75, 3.05) is 39.2 Å². The van der Waals surface area contributed by atoms with Crippen molar-refractivity contribution >= 4 is 17.3 Å². The van der Waals surface area contributed by atoms with Gasteiger partial charge >= 0.3 is 0 Å². The Bertz CT molecular complexity index is 1390. The number of aromatic nitrogens is 4. The predicted molar refractivity (Wildman–Crippen MR) is 138 cm³/mol. The van der Waals surface area contributed by atoms with Crippen LogP contribution in [-0.4, -0.2) is 64.6 Å². The zero-order valence-corrected chi connectivity index (χ0v) is 20.6. The van der Waals surface area contributed by atoms with Crippen LogP contribution in [0.2, 0.25) is 0 Å². The summed E-state index contributed by atoms with van der Waals surface area (Å²) in [5.74, 6) is 1.49. The molecule has 8 heteroatoms. The summed E-state index contributed by atoms with van der Waals surface area (Å²) in [5, 5.41) is 0. The fourth-order valence-corrected chi connectivity index (χ4v) is 4.85. The van der Waals surface area contributed by atoms with Crippen LogP contribution < -0.4 is 9.64 Å². The normalized spacial score (nSPS) is 14.5. The molecule has 35 heavy (non-hydrogen) atoms. The van der Waals surface area contributed by atoms with Gasteiger partial charge < -0.3 is 14.5 Å². The summed E-state index contributed by atoms with van der Waals surface area (Å²) in [4.78, 5) is 22.7. The van der Waals surface area contributed by atoms with Crippen LogP contribution in [0, 0.1) is 13.5 Å². The summed E-state index contributed by atoms with van der Waals surface area (Å²) in [6.45, 7) is 11.2. The SMILES string of the molecule is [C-]#[N+]c1ccc(-c2nc(N3CCC(N(C)C)CC3)n3ccnc3c2-c2cnc(OC)c(C)c2)cc1. The molecular formula is C27H29N7O. The minimum Gasteiger partial charge on any atom is -0.481 e. The van der Waals surface area contributed by atoms with Crippen molar-refractivity contribution in [2.45, 2.75) is 25.8 Å². The predicted octanol–water partition coefficient (Wildman–Crippen LogP) is 4.86. The van der Waals surface area contributed by atoms with Crippen LogP contribution in [0.4, 0.5) is 11.6 Å². The van der Waals surface area contributed by atoms with Crippen molar-refractivity contribution in [1.29, 1.82) is 0 Å². The molecule has 5 rings (SSSR count). The van der Waals surface area contributed by atoms with Crippen molar-refractivity contribution in [3.05, 3.63) is 65.9 Å². The van der Waals surface area contributed by atoms with Crippen LogP contribution in [0.5, 0.6) is 5.88 Å². The number of imidazole rings is 1. The Morgan fingerprint density at radius 1 is 1.09 bits per heavy atom. The number of hydrogen-bond donors (Lipinski definition) is 0. The van der Waals surface area contributed by atoms with Crippen LogP contribution in [-0.2, 0) is 0 Å². The highest BCUT2D eigenvalue weighted by atomic mass is 16.5. The van der Waals surface area contributed by atoms with E-state index in [-0.39, 0.29) is 0 Å². The fraction of sp³-hybridized carbons (Fsp3) is 0.333. The lowest BCUT2D eigenvalue weighted by Crippen LogP contribution is -2.43. The quantitative estimate of drug-likeness (QED) is 0.391. The standard InChI is InChI=1S/C27H29N7O/c1-18-16-20(17-30-26(18)35-5)23-24(19-6-8-21(28-2)9-7-19)31-27(34-15-12-29-25(23)34)33-13-10-22(11-14-33)32(3)4/h6-9,12,15-17,22H,10-11,13-14H2,1,3-5H3. The first kappa shape index (κ1) is 22.8. The molecule has 0 atom stereocenters. The third kappa shape index (κ3) is 4.19. The molecular weight excluding hydrogens is 438 g/mol. The summed E-state index contributed by atoms with van der Waals surface area (Å²) in [6.07, 6.45) is 7.80. The molecule has 3 aromatic heterocycles. The van der Waals surface area contributed by atoms with Gasteiger partial charge in [-0.25, -0.2) is 19.8 Å². The number of aryl methyl sites for hydroxylation is 1. The summed E-state index contributed by atoms with van der Waals surface area (Å²) >= 11 is 0. The second kappa shape index (κ2) is 9.35. The van der Waals surface area contributed by atoms with Crippen molar-refractivity contribution < 1.29 is 4.74 Å². The summed E-state index contributed by atoms with van der Waals surface area (Å²) in [5.41, 5.74) is 5.99. The minimum atomic E-state index is 0.581. The van der Waals surface area contributed by atoms with Gasteiger partial charge in [0, 0.05) is 48.8 Å². The maximum absolute atomic E-state index is 7.32. The number of anilines is 1. The molecule has 0 amide bonds. The lowest BCUT2D eigenvalue weighted by Gasteiger charge is -2.36. The number of piperidine rings is 1. The van der Waals surface area contributed by atoms with E-state index in [1.807, 2.05) is 49.8 Å². The molecule has 1 aromatic carbocycles. The van der Waals surface area contributed by atoms with Gasteiger partial charge in [0.2, 0.25) is 11.8 Å². The highest BCUT2D eigenvalue weighted by Gasteiger charge is 2.26. The molecule has 0 bridgehead atoms. The Morgan fingerprint density at radius 2 is 1.83 bits per heavy atom. The summed E-state index contributed by atoms with van der Waals surface area (Å²) < 4.78 is 7.47. The second-order valence-corrected chi connectivity index (χ2v) is 9.15. The Labute approximate surface area is 205 Å². The van der Waals surface area contributed by atoms with Crippen molar-refractivity contribution in [2.24, 2.45) is 0 Å². The third-order valence-corrected chi connectivity index (χ3v) is 6.79. The largest absolute Gasteiger partial charge is 0.481 e. The Kier molecular flexibility index (Phi) is 6.10. The van der Waals surface area contributed by atoms with Gasteiger partial charge in [-0.3, -0.25) is 4.40 Å². The molecule has 4 heterocycles. The zero-order chi connectivity index (χ0) is 24.5. The summed E-state index contributed by atoms with van der Waals surface area (Å²) in [7, 11) is 5.93. The molecule has 4 aromatic rings. The molecule has 0 aliphatic carbocycles. The molecule has 0 saturated carbocycles. The maximum atomic E-state index is 7.32. The number of methoxy groups -OCH3 is 1. The molecule has 1 saturated heterocycles. The van der Waals surface area contributed by atoms with E-state index in [1.54, 1.807) is 7.11 Å². The number of benzene rings is 1. The Hall–Kier alpha value is -3.96. The number of rotatable bonds is 5. The van der Waals surface area contributed by atoms with E-state index >= 15 is 0 Å². The van der Waals surface area contributed by atoms with Gasteiger partial charge in [0.25, 0.3) is 0 Å². The summed E-state index contributed by atoms with van der Waals surface area (Å²) in [6, 6.07) is 10.2. The second-order valence-electron chi connectivity index (χ2n) is 9.15. The van der Waals surface area contributed by atoms with Crippen molar-refractivity contribution in [3.63, 3.8) is 0 Å². The van der Waals surface area contributed by atoms with E-state index in [9.17, 15) is 0 Å². The third-order valence-electron chi connectivity index (χ3n) is 6.79. The fourth-order valence-electron chi connectivity index (χ4n) is 4.85. The van der Waals surface area contributed by atoms with Gasteiger partial charge in [-0.2, -0.15) is 0 Å². The van der Waals surface area contributed by atoms with Gasteiger partial charge in [-0.05, 0) is 45.5 Å². The van der Waals surface area contributed by atoms with Gasteiger partial charge in [0.15, 0.2) is 5.69 Å². The molecule has 0 unspecified atom stereocenters.